The number of nitriles is 2. The van der Waals surface area contributed by atoms with Crippen molar-refractivity contribution in [3.05, 3.63) is 117 Å². The largest absolute Gasteiger partial charge is 0.354 e. The van der Waals surface area contributed by atoms with Crippen LogP contribution >= 0.6 is 0 Å². The third-order valence-electron chi connectivity index (χ3n) is 6.24. The van der Waals surface area contributed by atoms with E-state index >= 15 is 0 Å². The zero-order chi connectivity index (χ0) is 25.4. The number of carbonyl (C=O) groups is 2. The van der Waals surface area contributed by atoms with Crippen LogP contribution in [0.5, 0.6) is 0 Å². The summed E-state index contributed by atoms with van der Waals surface area (Å²) in [6.45, 7) is 3.90. The second-order valence-electron chi connectivity index (χ2n) is 8.66. The van der Waals surface area contributed by atoms with Crippen LogP contribution in [-0.2, 0) is 0 Å². The van der Waals surface area contributed by atoms with E-state index in [2.05, 4.69) is 22.8 Å². The molecular weight excluding hydrogens is 448 g/mol. The Bertz CT molecular complexity index is 1510. The van der Waals surface area contributed by atoms with Crippen molar-refractivity contribution in [1.82, 2.24) is 0 Å². The monoisotopic (exact) mass is 468 g/mol. The summed E-state index contributed by atoms with van der Waals surface area (Å²) in [4.78, 5) is 27.6. The van der Waals surface area contributed by atoms with Crippen LogP contribution in [0.1, 0.15) is 54.1 Å². The molecule has 0 aliphatic heterocycles. The van der Waals surface area contributed by atoms with Crippen LogP contribution in [0, 0.1) is 36.5 Å². The van der Waals surface area contributed by atoms with Crippen LogP contribution in [0.4, 0.5) is 22.7 Å². The van der Waals surface area contributed by atoms with Crippen molar-refractivity contribution >= 4 is 34.3 Å². The van der Waals surface area contributed by atoms with Gasteiger partial charge >= 0.3 is 0 Å². The minimum Gasteiger partial charge on any atom is -0.354 e. The summed E-state index contributed by atoms with van der Waals surface area (Å²) in [6, 6.07) is 25.6. The number of rotatable bonds is 4. The first-order valence-corrected chi connectivity index (χ1v) is 11.3. The average molecular weight is 469 g/mol. The minimum absolute atomic E-state index is 0.00744. The van der Waals surface area contributed by atoms with Crippen LogP contribution in [0.15, 0.2) is 72.8 Å². The van der Waals surface area contributed by atoms with Crippen LogP contribution in [0.3, 0.4) is 0 Å². The second kappa shape index (κ2) is 8.87. The lowest BCUT2D eigenvalue weighted by Gasteiger charge is -2.26. The maximum absolute atomic E-state index is 13.8. The smallest absolute Gasteiger partial charge is 0.196 e. The molecular formula is C30H20N4O2. The lowest BCUT2D eigenvalue weighted by Crippen LogP contribution is -2.25. The maximum Gasteiger partial charge on any atom is 0.196 e. The summed E-state index contributed by atoms with van der Waals surface area (Å²) in [5, 5.41) is 26.6. The molecule has 0 unspecified atom stereocenters. The fourth-order valence-corrected chi connectivity index (χ4v) is 4.39. The summed E-state index contributed by atoms with van der Waals surface area (Å²) < 4.78 is 0. The van der Waals surface area contributed by atoms with Gasteiger partial charge in [-0.15, -0.1) is 0 Å². The van der Waals surface area contributed by atoms with Gasteiger partial charge in [0.1, 0.15) is 12.1 Å². The molecule has 1 aliphatic carbocycles. The van der Waals surface area contributed by atoms with Crippen molar-refractivity contribution < 1.29 is 9.59 Å². The molecule has 36 heavy (non-hydrogen) atoms. The third kappa shape index (κ3) is 3.68. The number of benzene rings is 4. The molecule has 2 N–H and O–H groups in total. The molecule has 0 saturated carbocycles. The molecule has 1 aliphatic rings. The molecule has 0 atom stereocenters. The number of hydrogen-bond donors (Lipinski definition) is 2. The lowest BCUT2D eigenvalue weighted by molar-refractivity contribution is 0.0980. The molecule has 0 saturated heterocycles. The molecule has 0 radical (unpaired) electrons. The molecule has 5 rings (SSSR count). The number of nitrogens with one attached hydrogen (secondary N) is 2. The quantitative estimate of drug-likeness (QED) is 0.320. The molecule has 0 heterocycles. The predicted octanol–water partition coefficient (Wildman–Crippen LogP) is 6.31. The van der Waals surface area contributed by atoms with Crippen LogP contribution in [0.25, 0.3) is 0 Å². The van der Waals surface area contributed by atoms with Crippen molar-refractivity contribution in [2.24, 2.45) is 0 Å². The summed E-state index contributed by atoms with van der Waals surface area (Å²) in [5.74, 6) is -0.773. The van der Waals surface area contributed by atoms with Gasteiger partial charge in [0.2, 0.25) is 0 Å². The number of fused-ring (bicyclic) bond motifs is 2. The minimum atomic E-state index is -0.386. The van der Waals surface area contributed by atoms with Crippen LogP contribution in [-0.4, -0.2) is 11.6 Å². The normalized spacial score (nSPS) is 11.7. The van der Waals surface area contributed by atoms with Crippen molar-refractivity contribution in [1.29, 1.82) is 10.5 Å². The number of nitrogens with zero attached hydrogens (tertiary/aromatic N) is 2. The summed E-state index contributed by atoms with van der Waals surface area (Å²) in [5.41, 5.74) is 4.28. The van der Waals surface area contributed by atoms with Crippen molar-refractivity contribution in [2.75, 3.05) is 10.6 Å². The molecule has 6 nitrogen and oxygen atoms in total. The van der Waals surface area contributed by atoms with Crippen LogP contribution < -0.4 is 10.6 Å². The van der Waals surface area contributed by atoms with Gasteiger partial charge in [-0.1, -0.05) is 59.7 Å². The molecule has 172 valence electrons. The van der Waals surface area contributed by atoms with E-state index in [1.54, 1.807) is 24.3 Å². The van der Waals surface area contributed by atoms with Crippen LogP contribution in [0.2, 0.25) is 0 Å². The van der Waals surface area contributed by atoms with Gasteiger partial charge in [0.25, 0.3) is 0 Å². The van der Waals surface area contributed by atoms with E-state index in [0.29, 0.717) is 11.4 Å². The number of ketones is 2. The number of hydrogen-bond acceptors (Lipinski definition) is 6. The third-order valence-corrected chi connectivity index (χ3v) is 6.24. The van der Waals surface area contributed by atoms with Crippen molar-refractivity contribution in [3.63, 3.8) is 0 Å². The lowest BCUT2D eigenvalue weighted by atomic mass is 9.79. The number of carbonyl (C=O) groups excluding carboxylic acids is 2. The predicted molar refractivity (Wildman–Crippen MR) is 138 cm³/mol. The first-order chi connectivity index (χ1) is 17.4. The topological polar surface area (TPSA) is 106 Å². The molecule has 4 aromatic carbocycles. The molecule has 0 bridgehead atoms. The van der Waals surface area contributed by atoms with Crippen molar-refractivity contribution in [2.45, 2.75) is 13.8 Å². The first kappa shape index (κ1) is 22.6. The van der Waals surface area contributed by atoms with Gasteiger partial charge in [-0.3, -0.25) is 9.59 Å². The van der Waals surface area contributed by atoms with E-state index in [9.17, 15) is 20.1 Å². The first-order valence-electron chi connectivity index (χ1n) is 11.3. The highest BCUT2D eigenvalue weighted by Gasteiger charge is 2.37. The van der Waals surface area contributed by atoms with E-state index in [1.807, 2.05) is 62.4 Å². The second-order valence-corrected chi connectivity index (χ2v) is 8.66. The van der Waals surface area contributed by atoms with Gasteiger partial charge in [0.15, 0.2) is 11.6 Å². The Morgan fingerprint density at radius 2 is 0.944 bits per heavy atom. The molecule has 0 aromatic heterocycles. The summed E-state index contributed by atoms with van der Waals surface area (Å²) in [7, 11) is 0. The Labute approximate surface area is 208 Å². The molecule has 0 fully saturated rings. The maximum atomic E-state index is 13.8. The molecule has 0 spiro atoms. The van der Waals surface area contributed by atoms with Gasteiger partial charge in [0.05, 0.1) is 33.6 Å². The van der Waals surface area contributed by atoms with E-state index in [1.165, 1.54) is 0 Å². The molecule has 4 aromatic rings. The summed E-state index contributed by atoms with van der Waals surface area (Å²) in [6.07, 6.45) is 0. The zero-order valence-electron chi connectivity index (χ0n) is 19.6. The highest BCUT2D eigenvalue weighted by Crippen LogP contribution is 2.43. The Hall–Kier alpha value is -5.20. The van der Waals surface area contributed by atoms with E-state index in [0.717, 1.165) is 11.1 Å². The fourth-order valence-electron chi connectivity index (χ4n) is 4.39. The molecule has 0 amide bonds. The van der Waals surface area contributed by atoms with E-state index in [4.69, 9.17) is 0 Å². The van der Waals surface area contributed by atoms with Gasteiger partial charge in [-0.05, 0) is 38.1 Å². The number of aryl methyl sites for hydroxylation is 2. The Morgan fingerprint density at radius 1 is 0.583 bits per heavy atom. The van der Waals surface area contributed by atoms with Crippen molar-refractivity contribution in [3.8, 4) is 12.1 Å². The standard InChI is InChI=1S/C30H20N4O2/c1-17-7-11-19(12-8-17)33-27-23(15-31)24(16-32)28(34-20-13-9-18(2)10-14-20)26-25(27)29(35)21-5-3-4-6-22(21)30(26)36/h3-14,33-34H,1-2H3. The van der Waals surface area contributed by atoms with Gasteiger partial charge in [-0.2, -0.15) is 10.5 Å². The highest BCUT2D eigenvalue weighted by molar-refractivity contribution is 6.33. The fraction of sp³-hybridized carbons (Fsp3) is 0.0667. The number of anilines is 4. The van der Waals surface area contributed by atoms with Gasteiger partial charge in [0, 0.05) is 22.5 Å². The Balaban J connectivity index is 1.83. The van der Waals surface area contributed by atoms with Gasteiger partial charge in [-0.25, -0.2) is 0 Å². The summed E-state index contributed by atoms with van der Waals surface area (Å²) >= 11 is 0. The highest BCUT2D eigenvalue weighted by atomic mass is 16.1. The Morgan fingerprint density at radius 3 is 1.28 bits per heavy atom. The van der Waals surface area contributed by atoms with E-state index < -0.39 is 0 Å². The van der Waals surface area contributed by atoms with E-state index in [-0.39, 0.29) is 56.3 Å². The zero-order valence-corrected chi connectivity index (χ0v) is 19.6. The van der Waals surface area contributed by atoms with Gasteiger partial charge < -0.3 is 10.6 Å². The molecule has 6 heteroatoms. The Kier molecular flexibility index (Phi) is 5.56. The SMILES string of the molecule is Cc1ccc(Nc2c(C#N)c(C#N)c(Nc3ccc(C)cc3)c3c2C(=O)c2ccccc2C3=O)cc1. The average Bonchev–Trinajstić information content (AvgIpc) is 2.89.